The summed E-state index contributed by atoms with van der Waals surface area (Å²) < 4.78 is 10.7. The summed E-state index contributed by atoms with van der Waals surface area (Å²) in [7, 11) is 3.44. The number of aryl methyl sites for hydroxylation is 16. The van der Waals surface area contributed by atoms with Crippen molar-refractivity contribution in [3.05, 3.63) is 368 Å². The SMILES string of the molecule is COc1c(C)cc(C)c2ccccc12.COc1ccc2cc(C)ccc2c1C.Cc1cc(C)c2ccccc2c1.Cc1cc2ccccc2cc1C.Cc1ccc2c(C)cccc2c1.Cc1ccc2cc(C)ccc2c1.Cc1ccc2ccc(C)cc2c1.Cc1cccc2c(C)cccc12. The first-order valence-corrected chi connectivity index (χ1v) is 34.9. The number of hydrogen-bond acceptors (Lipinski definition) is 2. The molecule has 0 fully saturated rings. The second-order valence-electron chi connectivity index (χ2n) is 27.0. The van der Waals surface area contributed by atoms with Gasteiger partial charge < -0.3 is 9.47 Å². The van der Waals surface area contributed by atoms with E-state index in [-0.39, 0.29) is 0 Å². The molecule has 0 atom stereocenters. The number of benzene rings is 16. The van der Waals surface area contributed by atoms with Gasteiger partial charge in [-0.25, -0.2) is 0 Å². The summed E-state index contributed by atoms with van der Waals surface area (Å²) in [5.41, 5.74) is 21.2. The lowest BCUT2D eigenvalue weighted by molar-refractivity contribution is 0.412. The number of methoxy groups -OCH3 is 2. The number of ether oxygens (including phenoxy) is 2. The van der Waals surface area contributed by atoms with Gasteiger partial charge in [-0.05, 0) is 248 Å². The fraction of sp³-hybridized carbons (Fsp3) is 0.184. The maximum atomic E-state index is 5.41. The second-order valence-corrected chi connectivity index (χ2v) is 27.0. The Labute approximate surface area is 596 Å². The normalized spacial score (nSPS) is 10.5. The van der Waals surface area contributed by atoms with E-state index in [4.69, 9.17) is 9.47 Å². The van der Waals surface area contributed by atoms with E-state index in [1.165, 1.54) is 175 Å². The Bertz CT molecular complexity index is 5280. The lowest BCUT2D eigenvalue weighted by Crippen LogP contribution is -1.90. The Kier molecular flexibility index (Phi) is 25.4. The largest absolute Gasteiger partial charge is 0.496 e. The van der Waals surface area contributed by atoms with Gasteiger partial charge in [-0.3, -0.25) is 0 Å². The molecule has 0 amide bonds. The van der Waals surface area contributed by atoms with Crippen LogP contribution in [0.1, 0.15) is 89.0 Å². The van der Waals surface area contributed by atoms with Crippen LogP contribution in [0.15, 0.2) is 279 Å². The van der Waals surface area contributed by atoms with Crippen molar-refractivity contribution in [2.24, 2.45) is 0 Å². The molecule has 0 saturated heterocycles. The summed E-state index contributed by atoms with van der Waals surface area (Å²) in [6.45, 7) is 34.1. The molecule has 0 heterocycles. The highest BCUT2D eigenvalue weighted by Crippen LogP contribution is 2.32. The fourth-order valence-corrected chi connectivity index (χ4v) is 13.1. The number of rotatable bonds is 2. The third-order valence-corrected chi connectivity index (χ3v) is 18.7. The molecule has 0 aromatic heterocycles. The molecule has 504 valence electrons. The van der Waals surface area contributed by atoms with Crippen molar-refractivity contribution in [3.8, 4) is 11.5 Å². The van der Waals surface area contributed by atoms with Gasteiger partial charge in [0.05, 0.1) is 14.2 Å². The molecule has 16 rings (SSSR count). The quantitative estimate of drug-likeness (QED) is 0.172. The minimum atomic E-state index is 0.960. The monoisotopic (exact) mass is 1310 g/mol. The van der Waals surface area contributed by atoms with Gasteiger partial charge in [0.2, 0.25) is 0 Å². The van der Waals surface area contributed by atoms with Crippen LogP contribution in [-0.4, -0.2) is 14.2 Å². The Balaban J connectivity index is 0.000000133. The highest BCUT2D eigenvalue weighted by molar-refractivity contribution is 5.93. The molecule has 0 N–H and O–H groups in total. The molecule has 0 aliphatic heterocycles. The van der Waals surface area contributed by atoms with Crippen molar-refractivity contribution >= 4 is 86.2 Å². The van der Waals surface area contributed by atoms with Gasteiger partial charge in [-0.15, -0.1) is 0 Å². The van der Waals surface area contributed by atoms with Crippen LogP contribution in [0.5, 0.6) is 11.5 Å². The Morgan fingerprint density at radius 1 is 0.170 bits per heavy atom. The Hall–Kier alpha value is -10.8. The average molecular weight is 1310 g/mol. The first-order valence-electron chi connectivity index (χ1n) is 34.9. The van der Waals surface area contributed by atoms with Crippen molar-refractivity contribution in [2.75, 3.05) is 14.2 Å². The first-order chi connectivity index (χ1) is 48.1. The highest BCUT2D eigenvalue weighted by atomic mass is 16.5. The van der Waals surface area contributed by atoms with Crippen molar-refractivity contribution in [2.45, 2.75) is 111 Å². The van der Waals surface area contributed by atoms with Crippen LogP contribution in [0.3, 0.4) is 0 Å². The summed E-state index contributed by atoms with van der Waals surface area (Å²) >= 11 is 0. The van der Waals surface area contributed by atoms with E-state index in [0.29, 0.717) is 0 Å². The third-order valence-electron chi connectivity index (χ3n) is 18.7. The van der Waals surface area contributed by atoms with E-state index < -0.39 is 0 Å². The van der Waals surface area contributed by atoms with Crippen LogP contribution in [-0.2, 0) is 0 Å². The minimum absolute atomic E-state index is 0.960. The zero-order valence-corrected chi connectivity index (χ0v) is 62.4. The summed E-state index contributed by atoms with van der Waals surface area (Å²) in [4.78, 5) is 0. The van der Waals surface area contributed by atoms with Crippen LogP contribution in [0, 0.1) is 111 Å². The molecule has 0 aliphatic carbocycles. The van der Waals surface area contributed by atoms with Gasteiger partial charge >= 0.3 is 0 Å². The maximum Gasteiger partial charge on any atom is 0.129 e. The molecule has 0 unspecified atom stereocenters. The van der Waals surface area contributed by atoms with E-state index in [2.05, 4.69) is 378 Å². The predicted molar refractivity (Wildman–Crippen MR) is 440 cm³/mol. The van der Waals surface area contributed by atoms with E-state index in [0.717, 1.165) is 11.5 Å². The van der Waals surface area contributed by atoms with Crippen molar-refractivity contribution < 1.29 is 9.47 Å². The molecule has 0 radical (unpaired) electrons. The van der Waals surface area contributed by atoms with Gasteiger partial charge in [-0.1, -0.05) is 312 Å². The summed E-state index contributed by atoms with van der Waals surface area (Å²) in [5, 5.41) is 21.2. The van der Waals surface area contributed by atoms with E-state index in [9.17, 15) is 0 Å². The molecule has 0 saturated carbocycles. The van der Waals surface area contributed by atoms with Gasteiger partial charge in [0.25, 0.3) is 0 Å². The molecular weight excluding hydrogens is 1210 g/mol. The minimum Gasteiger partial charge on any atom is -0.496 e. The summed E-state index contributed by atoms with van der Waals surface area (Å²) in [5.74, 6) is 1.95. The molecule has 16 aromatic carbocycles. The van der Waals surface area contributed by atoms with Crippen LogP contribution in [0.4, 0.5) is 0 Å². The van der Waals surface area contributed by atoms with Crippen molar-refractivity contribution in [1.29, 1.82) is 0 Å². The Morgan fingerprint density at radius 2 is 0.490 bits per heavy atom. The smallest absolute Gasteiger partial charge is 0.129 e. The van der Waals surface area contributed by atoms with E-state index in [1.54, 1.807) is 14.2 Å². The molecule has 100 heavy (non-hydrogen) atoms. The standard InChI is InChI=1S/2C13H14O.6C12H12/c1-9-4-6-12-10(2)13(14-3)7-5-11(12)8-9;1-9-8-10(2)13(14-3)12-7-5-4-6-11(9)12;1-9-3-5-12-8-10(2)4-6-11(12)7-9;1-9-3-5-11-6-4-10(2)8-12(11)7-9;1-9-5-3-8-12-10(2)6-4-7-11(9)12;1-9-6-7-12-10(2)4-3-5-11(12)8-9;1-9-7-11-5-3-4-6-12(11)8-10(9)2;1-9-7-10(2)12-6-4-3-5-11(12)8-9/h2*4-8H,1-3H3;6*3-8H,1-2H3. The van der Waals surface area contributed by atoms with Gasteiger partial charge in [-0.2, -0.15) is 0 Å². The molecule has 16 aromatic rings. The van der Waals surface area contributed by atoms with Crippen molar-refractivity contribution in [3.63, 3.8) is 0 Å². The summed E-state index contributed by atoms with van der Waals surface area (Å²) in [6, 6.07) is 99.1. The lowest BCUT2D eigenvalue weighted by Gasteiger charge is -2.10. The number of hydrogen-bond donors (Lipinski definition) is 0. The average Bonchev–Trinajstić information content (AvgIpc) is 0.869. The highest BCUT2D eigenvalue weighted by Gasteiger charge is 2.08. The van der Waals surface area contributed by atoms with Crippen molar-refractivity contribution in [1.82, 2.24) is 0 Å². The second kappa shape index (κ2) is 34.6. The predicted octanol–water partition coefficient (Wildman–Crippen LogP) is 27.7. The lowest BCUT2D eigenvalue weighted by atomic mass is 10.0. The van der Waals surface area contributed by atoms with E-state index in [1.807, 2.05) is 12.1 Å². The van der Waals surface area contributed by atoms with Crippen LogP contribution in [0.2, 0.25) is 0 Å². The Morgan fingerprint density at radius 3 is 0.990 bits per heavy atom. The fourth-order valence-electron chi connectivity index (χ4n) is 13.1. The third kappa shape index (κ3) is 19.3. The van der Waals surface area contributed by atoms with E-state index >= 15 is 0 Å². The van der Waals surface area contributed by atoms with Crippen LogP contribution in [0.25, 0.3) is 86.2 Å². The van der Waals surface area contributed by atoms with Crippen LogP contribution >= 0.6 is 0 Å². The topological polar surface area (TPSA) is 18.5 Å². The molecule has 0 spiro atoms. The number of fused-ring (bicyclic) bond motifs is 8. The molecule has 0 bridgehead atoms. The van der Waals surface area contributed by atoms with Gasteiger partial charge in [0.15, 0.2) is 0 Å². The maximum absolute atomic E-state index is 5.41. The molecule has 2 heteroatoms. The zero-order valence-electron chi connectivity index (χ0n) is 62.4. The van der Waals surface area contributed by atoms with Gasteiger partial charge in [0.1, 0.15) is 11.5 Å². The van der Waals surface area contributed by atoms with Gasteiger partial charge in [0, 0.05) is 5.39 Å². The molecule has 0 aliphatic rings. The van der Waals surface area contributed by atoms with Crippen LogP contribution < -0.4 is 9.47 Å². The zero-order chi connectivity index (χ0) is 71.6. The summed E-state index contributed by atoms with van der Waals surface area (Å²) in [6.07, 6.45) is 0. The molecule has 2 nitrogen and oxygen atoms in total. The molecular formula is C98H100O2. The first kappa shape index (κ1) is 73.4.